The zero-order chi connectivity index (χ0) is 31.9. The Morgan fingerprint density at radius 3 is 1.77 bits per heavy atom. The average molecular weight is 619 g/mol. The molecule has 0 aromatic carbocycles. The van der Waals surface area contributed by atoms with E-state index in [1.54, 1.807) is 0 Å². The number of epoxide rings is 1. The SMILES string of the molecule is CCCCC/C=C\CC1OC1C/C=C\C/C=C\CCCC(=O)OC[C@H](CO)OC(=O)CCCCCCCCCCCCCC. The van der Waals surface area contributed by atoms with E-state index in [0.29, 0.717) is 31.5 Å². The lowest BCUT2D eigenvalue weighted by Gasteiger charge is -2.15. The fraction of sp³-hybridized carbons (Fsp3) is 0.789. The molecule has 0 amide bonds. The minimum Gasteiger partial charge on any atom is -0.462 e. The number of rotatable bonds is 31. The maximum Gasteiger partial charge on any atom is 0.306 e. The van der Waals surface area contributed by atoms with Crippen LogP contribution in [0, 0.1) is 0 Å². The van der Waals surface area contributed by atoms with E-state index in [9.17, 15) is 14.7 Å². The van der Waals surface area contributed by atoms with Gasteiger partial charge in [-0.3, -0.25) is 9.59 Å². The van der Waals surface area contributed by atoms with Crippen molar-refractivity contribution in [2.45, 2.75) is 180 Å². The number of aliphatic hydroxyl groups excluding tert-OH is 1. The van der Waals surface area contributed by atoms with Crippen LogP contribution in [-0.2, 0) is 23.8 Å². The van der Waals surface area contributed by atoms with Crippen molar-refractivity contribution in [1.29, 1.82) is 0 Å². The third kappa shape index (κ3) is 25.4. The summed E-state index contributed by atoms with van der Waals surface area (Å²) in [4.78, 5) is 24.2. The number of ether oxygens (including phenoxy) is 3. The third-order valence-corrected chi connectivity index (χ3v) is 8.09. The summed E-state index contributed by atoms with van der Waals surface area (Å²) in [5.41, 5.74) is 0. The van der Waals surface area contributed by atoms with E-state index in [1.807, 2.05) is 0 Å². The molecule has 1 saturated heterocycles. The van der Waals surface area contributed by atoms with Crippen LogP contribution in [0.5, 0.6) is 0 Å². The molecular formula is C38H66O6. The average Bonchev–Trinajstić information content (AvgIpc) is 3.78. The Kier molecular flexibility index (Phi) is 27.1. The summed E-state index contributed by atoms with van der Waals surface area (Å²) in [6.07, 6.45) is 38.0. The summed E-state index contributed by atoms with van der Waals surface area (Å²) < 4.78 is 16.3. The van der Waals surface area contributed by atoms with Crippen molar-refractivity contribution in [2.24, 2.45) is 0 Å². The first-order chi connectivity index (χ1) is 21.6. The molecule has 6 heteroatoms. The molecule has 6 nitrogen and oxygen atoms in total. The number of hydrogen-bond acceptors (Lipinski definition) is 6. The molecule has 1 fully saturated rings. The molecule has 1 heterocycles. The lowest BCUT2D eigenvalue weighted by atomic mass is 10.0. The van der Waals surface area contributed by atoms with Crippen LogP contribution in [0.4, 0.5) is 0 Å². The second-order valence-corrected chi connectivity index (χ2v) is 12.3. The summed E-state index contributed by atoms with van der Waals surface area (Å²) in [6, 6.07) is 0. The third-order valence-electron chi connectivity index (χ3n) is 8.09. The van der Waals surface area contributed by atoms with Crippen molar-refractivity contribution in [1.82, 2.24) is 0 Å². The predicted octanol–water partition coefficient (Wildman–Crippen LogP) is 9.88. The Morgan fingerprint density at radius 1 is 0.636 bits per heavy atom. The first kappa shape index (κ1) is 40.1. The summed E-state index contributed by atoms with van der Waals surface area (Å²) in [7, 11) is 0. The zero-order valence-corrected chi connectivity index (χ0v) is 28.4. The van der Waals surface area contributed by atoms with Crippen molar-refractivity contribution in [3.05, 3.63) is 36.5 Å². The van der Waals surface area contributed by atoms with E-state index in [4.69, 9.17) is 14.2 Å². The number of esters is 2. The molecule has 3 atom stereocenters. The van der Waals surface area contributed by atoms with Gasteiger partial charge in [0.1, 0.15) is 6.61 Å². The van der Waals surface area contributed by atoms with Crippen molar-refractivity contribution >= 4 is 11.9 Å². The quantitative estimate of drug-likeness (QED) is 0.0360. The second-order valence-electron chi connectivity index (χ2n) is 12.3. The molecule has 1 rings (SSSR count). The predicted molar refractivity (Wildman–Crippen MR) is 182 cm³/mol. The van der Waals surface area contributed by atoms with Crippen LogP contribution in [0.3, 0.4) is 0 Å². The first-order valence-electron chi connectivity index (χ1n) is 18.2. The highest BCUT2D eigenvalue weighted by Crippen LogP contribution is 2.29. The Bertz CT molecular complexity index is 773. The van der Waals surface area contributed by atoms with Gasteiger partial charge in [-0.25, -0.2) is 0 Å². The van der Waals surface area contributed by atoms with E-state index in [1.165, 1.54) is 83.5 Å². The molecule has 0 aromatic rings. The number of unbranched alkanes of at least 4 members (excludes halogenated alkanes) is 15. The molecule has 0 radical (unpaired) electrons. The fourth-order valence-electron chi connectivity index (χ4n) is 5.17. The van der Waals surface area contributed by atoms with Crippen LogP contribution in [-0.4, -0.2) is 48.6 Å². The Balaban J connectivity index is 1.95. The second kappa shape index (κ2) is 29.8. The van der Waals surface area contributed by atoms with Crippen LogP contribution in [0.1, 0.15) is 162 Å². The van der Waals surface area contributed by atoms with Crippen LogP contribution in [0.15, 0.2) is 36.5 Å². The fourth-order valence-corrected chi connectivity index (χ4v) is 5.17. The number of hydrogen-bond donors (Lipinski definition) is 1. The van der Waals surface area contributed by atoms with Crippen molar-refractivity contribution in [3.8, 4) is 0 Å². The highest BCUT2D eigenvalue weighted by atomic mass is 16.6. The van der Waals surface area contributed by atoms with Gasteiger partial charge >= 0.3 is 11.9 Å². The van der Waals surface area contributed by atoms with Crippen LogP contribution < -0.4 is 0 Å². The molecule has 2 unspecified atom stereocenters. The number of carbonyl (C=O) groups excluding carboxylic acids is 2. The maximum absolute atomic E-state index is 12.1. The lowest BCUT2D eigenvalue weighted by Crippen LogP contribution is -2.28. The summed E-state index contributed by atoms with van der Waals surface area (Å²) >= 11 is 0. The van der Waals surface area contributed by atoms with Crippen LogP contribution in [0.25, 0.3) is 0 Å². The summed E-state index contributed by atoms with van der Waals surface area (Å²) in [5, 5.41) is 9.52. The van der Waals surface area contributed by atoms with Gasteiger partial charge in [-0.1, -0.05) is 134 Å². The molecule has 0 bridgehead atoms. The minimum absolute atomic E-state index is 0.0963. The van der Waals surface area contributed by atoms with Gasteiger partial charge in [0.05, 0.1) is 18.8 Å². The molecular weight excluding hydrogens is 552 g/mol. The maximum atomic E-state index is 12.1. The topological polar surface area (TPSA) is 85.4 Å². The summed E-state index contributed by atoms with van der Waals surface area (Å²) in [6.45, 7) is 4.03. The monoisotopic (exact) mass is 618 g/mol. The van der Waals surface area contributed by atoms with Gasteiger partial charge in [-0.2, -0.15) is 0 Å². The van der Waals surface area contributed by atoms with Crippen LogP contribution >= 0.6 is 0 Å². The standard InChI is InChI=1S/C38H66O6/c1-3-5-7-9-11-12-13-14-15-18-23-27-31-38(41)43-34(32-39)33-42-37(40)30-26-22-19-16-17-21-25-29-36-35(44-36)28-24-20-10-8-6-4-2/h16,19-21,24-25,34-36,39H,3-15,17-18,22-23,26-33H2,1-2H3/b19-16-,24-20-,25-21-/t34-,35?,36?/m0/s1. The van der Waals surface area contributed by atoms with Gasteiger partial charge in [0.25, 0.3) is 0 Å². The van der Waals surface area contributed by atoms with E-state index in [-0.39, 0.29) is 25.2 Å². The molecule has 254 valence electrons. The molecule has 0 saturated carbocycles. The normalized spacial score (nSPS) is 17.2. The molecule has 1 N–H and O–H groups in total. The molecule has 0 aromatic heterocycles. The van der Waals surface area contributed by atoms with Crippen molar-refractivity contribution in [3.63, 3.8) is 0 Å². The minimum atomic E-state index is -0.793. The highest BCUT2D eigenvalue weighted by molar-refractivity contribution is 5.70. The van der Waals surface area contributed by atoms with Gasteiger partial charge in [-0.05, 0) is 51.4 Å². The van der Waals surface area contributed by atoms with Gasteiger partial charge in [0, 0.05) is 12.8 Å². The Labute approximate surface area is 270 Å². The Morgan fingerprint density at radius 2 is 1.14 bits per heavy atom. The van der Waals surface area contributed by atoms with E-state index >= 15 is 0 Å². The van der Waals surface area contributed by atoms with Crippen molar-refractivity contribution < 1.29 is 28.9 Å². The molecule has 44 heavy (non-hydrogen) atoms. The van der Waals surface area contributed by atoms with E-state index < -0.39 is 6.10 Å². The van der Waals surface area contributed by atoms with Gasteiger partial charge in [0.15, 0.2) is 6.10 Å². The molecule has 1 aliphatic heterocycles. The lowest BCUT2D eigenvalue weighted by molar-refractivity contribution is -0.161. The molecule has 1 aliphatic rings. The largest absolute Gasteiger partial charge is 0.462 e. The van der Waals surface area contributed by atoms with Crippen molar-refractivity contribution in [2.75, 3.05) is 13.2 Å². The number of allylic oxidation sites excluding steroid dienone is 4. The van der Waals surface area contributed by atoms with Crippen LogP contribution in [0.2, 0.25) is 0 Å². The number of carbonyl (C=O) groups is 2. The first-order valence-corrected chi connectivity index (χ1v) is 18.2. The smallest absolute Gasteiger partial charge is 0.306 e. The van der Waals surface area contributed by atoms with E-state index in [0.717, 1.165) is 44.9 Å². The molecule has 0 aliphatic carbocycles. The molecule has 0 spiro atoms. The van der Waals surface area contributed by atoms with Gasteiger partial charge < -0.3 is 19.3 Å². The summed E-state index contributed by atoms with van der Waals surface area (Å²) in [5.74, 6) is -0.662. The van der Waals surface area contributed by atoms with E-state index in [2.05, 4.69) is 50.3 Å². The Hall–Kier alpha value is -1.92. The highest BCUT2D eigenvalue weighted by Gasteiger charge is 2.35. The zero-order valence-electron chi connectivity index (χ0n) is 28.4. The van der Waals surface area contributed by atoms with Gasteiger partial charge in [-0.15, -0.1) is 0 Å². The van der Waals surface area contributed by atoms with Gasteiger partial charge in [0.2, 0.25) is 0 Å². The number of aliphatic hydroxyl groups is 1.